The van der Waals surface area contributed by atoms with Gasteiger partial charge in [0, 0.05) is 13.5 Å². The molecule has 9 nitrogen and oxygen atoms in total. The summed E-state index contributed by atoms with van der Waals surface area (Å²) in [4.78, 5) is 44.2. The van der Waals surface area contributed by atoms with Gasteiger partial charge in [-0.3, -0.25) is 14.4 Å². The fourth-order valence-corrected chi connectivity index (χ4v) is 1.31. The third kappa shape index (κ3) is 5.82. The minimum Gasteiger partial charge on any atom is -0.481 e. The number of carbonyl (C=O) groups is 4. The van der Waals surface area contributed by atoms with Gasteiger partial charge in [-0.15, -0.1) is 0 Å². The fourth-order valence-electron chi connectivity index (χ4n) is 1.31. The predicted molar refractivity (Wildman–Crippen MR) is 61.3 cm³/mol. The first kappa shape index (κ1) is 16.8. The molecule has 1 amide bonds. The second-order valence-electron chi connectivity index (χ2n) is 3.94. The van der Waals surface area contributed by atoms with Crippen LogP contribution in [0.2, 0.25) is 0 Å². The van der Waals surface area contributed by atoms with Crippen molar-refractivity contribution in [2.24, 2.45) is 5.73 Å². The van der Waals surface area contributed by atoms with Crippen molar-refractivity contribution in [2.45, 2.75) is 31.3 Å². The van der Waals surface area contributed by atoms with Crippen LogP contribution in [-0.2, 0) is 19.2 Å². The summed E-state index contributed by atoms with van der Waals surface area (Å²) in [5, 5.41) is 25.9. The van der Waals surface area contributed by atoms with Crippen LogP contribution in [0.25, 0.3) is 0 Å². The van der Waals surface area contributed by atoms with E-state index in [1.807, 2.05) is 0 Å². The Hall–Kier alpha value is -2.16. The van der Waals surface area contributed by atoms with Gasteiger partial charge in [0.25, 0.3) is 0 Å². The lowest BCUT2D eigenvalue weighted by atomic mass is 10.1. The maximum atomic E-state index is 11.6. The minimum absolute atomic E-state index is 0.155. The standard InChI is InChI=1S/C10H16N2O7/c1-12(6(10(18)19)4-8(14)15)7(13)3-2-5(11)9(16)17/h5-6H,2-4,11H2,1H3,(H,14,15)(H,16,17)(H,18,19). The van der Waals surface area contributed by atoms with E-state index in [1.165, 1.54) is 0 Å². The van der Waals surface area contributed by atoms with Crippen LogP contribution in [-0.4, -0.2) is 63.2 Å². The van der Waals surface area contributed by atoms with Gasteiger partial charge in [-0.05, 0) is 6.42 Å². The molecule has 0 aromatic carbocycles. The minimum atomic E-state index is -1.49. The highest BCUT2D eigenvalue weighted by atomic mass is 16.4. The highest BCUT2D eigenvalue weighted by Crippen LogP contribution is 2.07. The first-order chi connectivity index (χ1) is 8.66. The highest BCUT2D eigenvalue weighted by Gasteiger charge is 2.29. The number of rotatable bonds is 8. The van der Waals surface area contributed by atoms with Gasteiger partial charge in [0.1, 0.15) is 12.1 Å². The lowest BCUT2D eigenvalue weighted by Gasteiger charge is -2.23. The molecule has 0 aliphatic rings. The summed E-state index contributed by atoms with van der Waals surface area (Å²) in [5.74, 6) is -4.74. The van der Waals surface area contributed by atoms with Crippen LogP contribution in [0.1, 0.15) is 19.3 Å². The third-order valence-corrected chi connectivity index (χ3v) is 2.50. The number of carbonyl (C=O) groups excluding carboxylic acids is 1. The van der Waals surface area contributed by atoms with Gasteiger partial charge in [-0.1, -0.05) is 0 Å². The van der Waals surface area contributed by atoms with Crippen LogP contribution in [0, 0.1) is 0 Å². The van der Waals surface area contributed by atoms with Gasteiger partial charge in [-0.2, -0.15) is 0 Å². The molecule has 2 unspecified atom stereocenters. The largest absolute Gasteiger partial charge is 0.481 e. The second-order valence-corrected chi connectivity index (χ2v) is 3.94. The molecule has 5 N–H and O–H groups in total. The average molecular weight is 276 g/mol. The van der Waals surface area contributed by atoms with Crippen molar-refractivity contribution in [2.75, 3.05) is 7.05 Å². The molecular formula is C10H16N2O7. The molecule has 9 heteroatoms. The van der Waals surface area contributed by atoms with E-state index in [0.717, 1.165) is 11.9 Å². The fraction of sp³-hybridized carbons (Fsp3) is 0.600. The molecule has 0 heterocycles. The Labute approximate surface area is 108 Å². The molecule has 0 spiro atoms. The quantitative estimate of drug-likeness (QED) is 0.419. The number of nitrogens with zero attached hydrogens (tertiary/aromatic N) is 1. The van der Waals surface area contributed by atoms with E-state index in [-0.39, 0.29) is 12.8 Å². The molecule has 19 heavy (non-hydrogen) atoms. The molecule has 0 saturated carbocycles. The van der Waals surface area contributed by atoms with E-state index in [9.17, 15) is 19.2 Å². The molecule has 0 fully saturated rings. The van der Waals surface area contributed by atoms with Crippen molar-refractivity contribution >= 4 is 23.8 Å². The van der Waals surface area contributed by atoms with Gasteiger partial charge < -0.3 is 26.0 Å². The predicted octanol–water partition coefficient (Wildman–Crippen LogP) is -1.44. The molecule has 0 aromatic heterocycles. The molecule has 0 aliphatic carbocycles. The highest BCUT2D eigenvalue weighted by molar-refractivity contribution is 5.87. The SMILES string of the molecule is CN(C(=O)CCC(N)C(=O)O)C(CC(=O)O)C(=O)O. The van der Waals surface area contributed by atoms with Gasteiger partial charge in [0.05, 0.1) is 6.42 Å². The van der Waals surface area contributed by atoms with E-state index in [2.05, 4.69) is 0 Å². The second kappa shape index (κ2) is 7.31. The van der Waals surface area contributed by atoms with Crippen molar-refractivity contribution in [3.05, 3.63) is 0 Å². The number of carboxylic acids is 3. The van der Waals surface area contributed by atoms with Crippen LogP contribution in [0.15, 0.2) is 0 Å². The summed E-state index contributed by atoms with van der Waals surface area (Å²) in [7, 11) is 1.15. The summed E-state index contributed by atoms with van der Waals surface area (Å²) in [5.41, 5.74) is 5.20. The van der Waals surface area contributed by atoms with E-state index in [1.54, 1.807) is 0 Å². The van der Waals surface area contributed by atoms with E-state index >= 15 is 0 Å². The molecule has 0 saturated heterocycles. The summed E-state index contributed by atoms with van der Waals surface area (Å²) in [6.45, 7) is 0. The van der Waals surface area contributed by atoms with Crippen LogP contribution >= 0.6 is 0 Å². The summed E-state index contributed by atoms with van der Waals surface area (Å²) >= 11 is 0. The normalized spacial score (nSPS) is 13.4. The Balaban J connectivity index is 4.55. The Bertz CT molecular complexity index is 382. The van der Waals surface area contributed by atoms with E-state index in [0.29, 0.717) is 0 Å². The van der Waals surface area contributed by atoms with Gasteiger partial charge >= 0.3 is 17.9 Å². The van der Waals surface area contributed by atoms with Crippen LogP contribution in [0.3, 0.4) is 0 Å². The summed E-state index contributed by atoms with van der Waals surface area (Å²) < 4.78 is 0. The number of likely N-dealkylation sites (N-methyl/N-ethyl adjacent to an activating group) is 1. The lowest BCUT2D eigenvalue weighted by Crippen LogP contribution is -2.44. The Morgan fingerprint density at radius 3 is 2.00 bits per heavy atom. The summed E-state index contributed by atoms with van der Waals surface area (Å²) in [6, 6.07) is -2.72. The van der Waals surface area contributed by atoms with Gasteiger partial charge in [-0.25, -0.2) is 4.79 Å². The van der Waals surface area contributed by atoms with Crippen molar-refractivity contribution in [1.82, 2.24) is 4.90 Å². The topological polar surface area (TPSA) is 158 Å². The van der Waals surface area contributed by atoms with Crippen LogP contribution < -0.4 is 5.73 Å². The molecule has 0 aromatic rings. The zero-order valence-corrected chi connectivity index (χ0v) is 10.3. The third-order valence-electron chi connectivity index (χ3n) is 2.50. The molecule has 0 bridgehead atoms. The molecule has 108 valence electrons. The van der Waals surface area contributed by atoms with Gasteiger partial charge in [0.15, 0.2) is 0 Å². The van der Waals surface area contributed by atoms with Crippen molar-refractivity contribution in [3.63, 3.8) is 0 Å². The Morgan fingerprint density at radius 2 is 1.63 bits per heavy atom. The zero-order valence-electron chi connectivity index (χ0n) is 10.3. The van der Waals surface area contributed by atoms with Crippen LogP contribution in [0.5, 0.6) is 0 Å². The molecule has 2 atom stereocenters. The van der Waals surface area contributed by atoms with Crippen LogP contribution in [0.4, 0.5) is 0 Å². The molecular weight excluding hydrogens is 260 g/mol. The first-order valence-electron chi connectivity index (χ1n) is 5.35. The molecule has 0 radical (unpaired) electrons. The Morgan fingerprint density at radius 1 is 1.11 bits per heavy atom. The molecule has 0 rings (SSSR count). The van der Waals surface area contributed by atoms with E-state index < -0.39 is 42.3 Å². The van der Waals surface area contributed by atoms with E-state index in [4.69, 9.17) is 21.1 Å². The van der Waals surface area contributed by atoms with Crippen molar-refractivity contribution < 1.29 is 34.5 Å². The number of hydrogen-bond donors (Lipinski definition) is 4. The smallest absolute Gasteiger partial charge is 0.327 e. The van der Waals surface area contributed by atoms with Crippen molar-refractivity contribution in [3.8, 4) is 0 Å². The number of carboxylic acid groups (broad SMARTS) is 3. The van der Waals surface area contributed by atoms with Crippen molar-refractivity contribution in [1.29, 1.82) is 0 Å². The summed E-state index contributed by atoms with van der Waals surface area (Å²) in [6.07, 6.45) is -1.16. The number of hydrogen-bond acceptors (Lipinski definition) is 5. The lowest BCUT2D eigenvalue weighted by molar-refractivity contribution is -0.153. The maximum absolute atomic E-state index is 11.6. The first-order valence-corrected chi connectivity index (χ1v) is 5.35. The number of aliphatic carboxylic acids is 3. The molecule has 0 aliphatic heterocycles. The Kier molecular flexibility index (Phi) is 6.48. The number of nitrogens with two attached hydrogens (primary N) is 1. The monoisotopic (exact) mass is 276 g/mol. The number of amides is 1. The average Bonchev–Trinajstić information content (AvgIpc) is 2.30. The zero-order chi connectivity index (χ0) is 15.2. The maximum Gasteiger partial charge on any atom is 0.327 e. The van der Waals surface area contributed by atoms with Gasteiger partial charge in [0.2, 0.25) is 5.91 Å².